The zero-order valence-electron chi connectivity index (χ0n) is 12.4. The predicted molar refractivity (Wildman–Crippen MR) is 83.1 cm³/mol. The number of rotatable bonds is 6. The van der Waals surface area contributed by atoms with Crippen LogP contribution >= 0.6 is 0 Å². The van der Waals surface area contributed by atoms with Gasteiger partial charge in [0.05, 0.1) is 0 Å². The van der Waals surface area contributed by atoms with Crippen molar-refractivity contribution in [1.29, 1.82) is 0 Å². The maximum Gasteiger partial charge on any atom is 0.272 e. The molecule has 0 aliphatic rings. The average Bonchev–Trinajstić information content (AvgIpc) is 2.53. The smallest absolute Gasteiger partial charge is 0.272 e. The highest BCUT2D eigenvalue weighted by Crippen LogP contribution is 2.09. The first-order valence-corrected chi connectivity index (χ1v) is 7.06. The second-order valence-electron chi connectivity index (χ2n) is 4.86. The Morgan fingerprint density at radius 1 is 1.29 bits per heavy atom. The molecule has 2 aromatic rings. The third kappa shape index (κ3) is 4.27. The number of hydrogen-bond acceptors (Lipinski definition) is 4. The molecule has 21 heavy (non-hydrogen) atoms. The number of amides is 1. The number of pyridine rings is 2. The van der Waals surface area contributed by atoms with E-state index >= 15 is 0 Å². The topological polar surface area (TPSA) is 58.1 Å². The lowest BCUT2D eigenvalue weighted by molar-refractivity contribution is 0.0779. The van der Waals surface area contributed by atoms with Crippen LogP contribution in [0, 0.1) is 0 Å². The SMILES string of the molecule is CCCNc1cccc(C(=O)N(C)Cc2cccnc2)n1. The van der Waals surface area contributed by atoms with Crippen LogP contribution in [0.1, 0.15) is 29.4 Å². The third-order valence-corrected chi connectivity index (χ3v) is 3.01. The van der Waals surface area contributed by atoms with Gasteiger partial charge in [-0.05, 0) is 30.2 Å². The molecule has 0 saturated heterocycles. The Kier molecular flexibility index (Phi) is 5.26. The van der Waals surface area contributed by atoms with Gasteiger partial charge in [0.15, 0.2) is 0 Å². The van der Waals surface area contributed by atoms with Gasteiger partial charge in [0.25, 0.3) is 5.91 Å². The summed E-state index contributed by atoms with van der Waals surface area (Å²) in [6, 6.07) is 9.26. The van der Waals surface area contributed by atoms with Crippen molar-refractivity contribution >= 4 is 11.7 Å². The Morgan fingerprint density at radius 3 is 2.86 bits per heavy atom. The van der Waals surface area contributed by atoms with E-state index < -0.39 is 0 Å². The summed E-state index contributed by atoms with van der Waals surface area (Å²) in [5.74, 6) is 0.636. The largest absolute Gasteiger partial charge is 0.370 e. The normalized spacial score (nSPS) is 10.2. The maximum atomic E-state index is 12.4. The van der Waals surface area contributed by atoms with Gasteiger partial charge < -0.3 is 10.2 Å². The zero-order valence-corrected chi connectivity index (χ0v) is 12.4. The number of hydrogen-bond donors (Lipinski definition) is 1. The molecule has 2 heterocycles. The van der Waals surface area contributed by atoms with Gasteiger partial charge in [-0.15, -0.1) is 0 Å². The van der Waals surface area contributed by atoms with Crippen LogP contribution < -0.4 is 5.32 Å². The average molecular weight is 284 g/mol. The summed E-state index contributed by atoms with van der Waals surface area (Å²) in [6.45, 7) is 3.45. The Hall–Kier alpha value is -2.43. The van der Waals surface area contributed by atoms with E-state index in [0.717, 1.165) is 24.3 Å². The van der Waals surface area contributed by atoms with Crippen LogP contribution in [0.2, 0.25) is 0 Å². The fourth-order valence-electron chi connectivity index (χ4n) is 1.94. The van der Waals surface area contributed by atoms with Crippen LogP contribution in [0.5, 0.6) is 0 Å². The first-order chi connectivity index (χ1) is 10.2. The number of aromatic nitrogens is 2. The van der Waals surface area contributed by atoms with E-state index in [0.29, 0.717) is 12.2 Å². The van der Waals surface area contributed by atoms with Crippen molar-refractivity contribution < 1.29 is 4.79 Å². The first-order valence-electron chi connectivity index (χ1n) is 7.06. The zero-order chi connectivity index (χ0) is 15.1. The van der Waals surface area contributed by atoms with E-state index in [4.69, 9.17) is 0 Å². The van der Waals surface area contributed by atoms with Gasteiger partial charge in [0, 0.05) is 32.5 Å². The van der Waals surface area contributed by atoms with Crippen molar-refractivity contribution in [3.63, 3.8) is 0 Å². The monoisotopic (exact) mass is 284 g/mol. The van der Waals surface area contributed by atoms with Gasteiger partial charge in [-0.1, -0.05) is 19.1 Å². The van der Waals surface area contributed by atoms with Crippen molar-refractivity contribution in [3.05, 3.63) is 54.0 Å². The second kappa shape index (κ2) is 7.38. The van der Waals surface area contributed by atoms with Crippen LogP contribution in [0.3, 0.4) is 0 Å². The minimum Gasteiger partial charge on any atom is -0.370 e. The van der Waals surface area contributed by atoms with Crippen LogP contribution in [0.4, 0.5) is 5.82 Å². The molecule has 1 N–H and O–H groups in total. The van der Waals surface area contributed by atoms with Crippen molar-refractivity contribution in [2.75, 3.05) is 18.9 Å². The summed E-state index contributed by atoms with van der Waals surface area (Å²) in [7, 11) is 1.77. The van der Waals surface area contributed by atoms with E-state index in [-0.39, 0.29) is 5.91 Å². The van der Waals surface area contributed by atoms with Crippen LogP contribution in [0.15, 0.2) is 42.7 Å². The molecule has 0 fully saturated rings. The summed E-state index contributed by atoms with van der Waals surface area (Å²) in [5, 5.41) is 3.19. The van der Waals surface area contributed by atoms with E-state index in [9.17, 15) is 4.79 Å². The Bertz CT molecular complexity index is 586. The van der Waals surface area contributed by atoms with Gasteiger partial charge in [0.2, 0.25) is 0 Å². The fraction of sp³-hybridized carbons (Fsp3) is 0.312. The van der Waals surface area contributed by atoms with Gasteiger partial charge in [-0.25, -0.2) is 4.98 Å². The number of carbonyl (C=O) groups is 1. The van der Waals surface area contributed by atoms with Crippen molar-refractivity contribution in [1.82, 2.24) is 14.9 Å². The van der Waals surface area contributed by atoms with Gasteiger partial charge in [-0.2, -0.15) is 0 Å². The van der Waals surface area contributed by atoms with Gasteiger partial charge in [0.1, 0.15) is 11.5 Å². The van der Waals surface area contributed by atoms with Gasteiger partial charge >= 0.3 is 0 Å². The highest BCUT2D eigenvalue weighted by molar-refractivity contribution is 5.92. The molecule has 0 bridgehead atoms. The highest BCUT2D eigenvalue weighted by Gasteiger charge is 2.13. The lowest BCUT2D eigenvalue weighted by atomic mass is 10.2. The van der Waals surface area contributed by atoms with Crippen molar-refractivity contribution in [2.45, 2.75) is 19.9 Å². The summed E-state index contributed by atoms with van der Waals surface area (Å²) in [4.78, 5) is 22.4. The molecular weight excluding hydrogens is 264 g/mol. The molecule has 5 nitrogen and oxygen atoms in total. The van der Waals surface area contributed by atoms with Crippen molar-refractivity contribution in [3.8, 4) is 0 Å². The van der Waals surface area contributed by atoms with E-state index in [1.54, 1.807) is 30.4 Å². The lowest BCUT2D eigenvalue weighted by Gasteiger charge is -2.17. The molecule has 5 heteroatoms. The van der Waals surface area contributed by atoms with E-state index in [2.05, 4.69) is 22.2 Å². The molecule has 0 atom stereocenters. The van der Waals surface area contributed by atoms with Crippen LogP contribution in [-0.2, 0) is 6.54 Å². The molecule has 2 aromatic heterocycles. The third-order valence-electron chi connectivity index (χ3n) is 3.01. The Morgan fingerprint density at radius 2 is 2.14 bits per heavy atom. The van der Waals surface area contributed by atoms with Crippen LogP contribution in [-0.4, -0.2) is 34.4 Å². The molecule has 0 spiro atoms. The molecule has 0 aliphatic heterocycles. The summed E-state index contributed by atoms with van der Waals surface area (Å²) in [6.07, 6.45) is 4.49. The Balaban J connectivity index is 2.05. The minimum absolute atomic E-state index is 0.0981. The summed E-state index contributed by atoms with van der Waals surface area (Å²) in [5.41, 5.74) is 1.44. The highest BCUT2D eigenvalue weighted by atomic mass is 16.2. The minimum atomic E-state index is -0.0981. The number of nitrogens with one attached hydrogen (secondary N) is 1. The van der Waals surface area contributed by atoms with Gasteiger partial charge in [-0.3, -0.25) is 9.78 Å². The standard InChI is InChI=1S/C16H20N4O/c1-3-9-18-15-8-4-7-14(19-15)16(21)20(2)12-13-6-5-10-17-11-13/h4-8,10-11H,3,9,12H2,1-2H3,(H,18,19). The molecule has 0 saturated carbocycles. The lowest BCUT2D eigenvalue weighted by Crippen LogP contribution is -2.27. The van der Waals surface area contributed by atoms with Crippen LogP contribution in [0.25, 0.3) is 0 Å². The molecule has 110 valence electrons. The molecule has 0 radical (unpaired) electrons. The quantitative estimate of drug-likeness (QED) is 0.885. The number of carbonyl (C=O) groups excluding carboxylic acids is 1. The molecule has 1 amide bonds. The summed E-state index contributed by atoms with van der Waals surface area (Å²) < 4.78 is 0. The molecule has 0 aliphatic carbocycles. The Labute approximate surface area is 125 Å². The summed E-state index contributed by atoms with van der Waals surface area (Å²) >= 11 is 0. The number of nitrogens with zero attached hydrogens (tertiary/aromatic N) is 3. The second-order valence-corrected chi connectivity index (χ2v) is 4.86. The van der Waals surface area contributed by atoms with Crippen molar-refractivity contribution in [2.24, 2.45) is 0 Å². The molecule has 2 rings (SSSR count). The molecular formula is C16H20N4O. The maximum absolute atomic E-state index is 12.4. The fourth-order valence-corrected chi connectivity index (χ4v) is 1.94. The molecule has 0 unspecified atom stereocenters. The number of anilines is 1. The molecule has 0 aromatic carbocycles. The van der Waals surface area contributed by atoms with E-state index in [1.807, 2.05) is 24.3 Å². The first kappa shape index (κ1) is 15.0. The predicted octanol–water partition coefficient (Wildman–Crippen LogP) is 2.57. The van der Waals surface area contributed by atoms with E-state index in [1.165, 1.54) is 0 Å².